The molecule has 3 aromatic heterocycles. The SMILES string of the molecule is Cc1ccc(C(=O)N2CCC(c3noc(-c4ccncc4)n3)CC2)c(=O)[nH]1. The van der Waals surface area contributed by atoms with Crippen LogP contribution < -0.4 is 5.56 Å². The van der Waals surface area contributed by atoms with E-state index < -0.39 is 0 Å². The summed E-state index contributed by atoms with van der Waals surface area (Å²) in [5, 5.41) is 4.10. The van der Waals surface area contributed by atoms with Gasteiger partial charge in [0.2, 0.25) is 0 Å². The second kappa shape index (κ2) is 7.14. The third-order valence-corrected chi connectivity index (χ3v) is 4.80. The number of nitrogens with one attached hydrogen (secondary N) is 1. The Kier molecular flexibility index (Phi) is 4.53. The molecule has 1 saturated heterocycles. The second-order valence-electron chi connectivity index (χ2n) is 6.64. The first-order valence-corrected chi connectivity index (χ1v) is 8.85. The monoisotopic (exact) mass is 365 g/mol. The van der Waals surface area contributed by atoms with Crippen LogP contribution >= 0.6 is 0 Å². The highest BCUT2D eigenvalue weighted by Crippen LogP contribution is 2.28. The van der Waals surface area contributed by atoms with Gasteiger partial charge in [-0.05, 0) is 44.0 Å². The molecule has 4 heterocycles. The van der Waals surface area contributed by atoms with E-state index in [4.69, 9.17) is 4.52 Å². The maximum absolute atomic E-state index is 12.6. The van der Waals surface area contributed by atoms with Gasteiger partial charge in [0.25, 0.3) is 17.4 Å². The highest BCUT2D eigenvalue weighted by Gasteiger charge is 2.28. The van der Waals surface area contributed by atoms with E-state index in [0.717, 1.165) is 24.1 Å². The molecule has 1 aliphatic rings. The van der Waals surface area contributed by atoms with Crippen molar-refractivity contribution >= 4 is 5.91 Å². The molecule has 0 atom stereocenters. The van der Waals surface area contributed by atoms with E-state index in [1.807, 2.05) is 12.1 Å². The molecule has 0 radical (unpaired) electrons. The van der Waals surface area contributed by atoms with Gasteiger partial charge in [-0.15, -0.1) is 0 Å². The fourth-order valence-corrected chi connectivity index (χ4v) is 3.26. The number of aromatic nitrogens is 4. The van der Waals surface area contributed by atoms with Crippen LogP contribution in [0.25, 0.3) is 11.5 Å². The topological polar surface area (TPSA) is 105 Å². The molecule has 0 unspecified atom stereocenters. The Labute approximate surface area is 155 Å². The lowest BCUT2D eigenvalue weighted by atomic mass is 9.95. The summed E-state index contributed by atoms with van der Waals surface area (Å²) in [6.07, 6.45) is 4.81. The highest BCUT2D eigenvalue weighted by molar-refractivity contribution is 5.93. The quantitative estimate of drug-likeness (QED) is 0.762. The third-order valence-electron chi connectivity index (χ3n) is 4.80. The van der Waals surface area contributed by atoms with Crippen molar-refractivity contribution in [2.24, 2.45) is 0 Å². The van der Waals surface area contributed by atoms with Crippen LogP contribution in [0, 0.1) is 6.92 Å². The summed E-state index contributed by atoms with van der Waals surface area (Å²) in [4.78, 5) is 37.5. The Balaban J connectivity index is 1.43. The van der Waals surface area contributed by atoms with Crippen molar-refractivity contribution in [3.63, 3.8) is 0 Å². The van der Waals surface area contributed by atoms with E-state index >= 15 is 0 Å². The summed E-state index contributed by atoms with van der Waals surface area (Å²) >= 11 is 0. The van der Waals surface area contributed by atoms with E-state index in [9.17, 15) is 9.59 Å². The molecule has 0 aromatic carbocycles. The van der Waals surface area contributed by atoms with Crippen LogP contribution in [-0.4, -0.2) is 44.0 Å². The zero-order chi connectivity index (χ0) is 18.8. The lowest BCUT2D eigenvalue weighted by molar-refractivity contribution is 0.0708. The molecule has 1 amide bonds. The van der Waals surface area contributed by atoms with Gasteiger partial charge in [-0.3, -0.25) is 14.6 Å². The minimum absolute atomic E-state index is 0.129. The van der Waals surface area contributed by atoms with E-state index in [2.05, 4.69) is 20.1 Å². The Morgan fingerprint density at radius 1 is 1.19 bits per heavy atom. The number of aromatic amines is 1. The Morgan fingerprint density at radius 3 is 2.63 bits per heavy atom. The van der Waals surface area contributed by atoms with Gasteiger partial charge in [0.1, 0.15) is 5.56 Å². The number of carbonyl (C=O) groups is 1. The van der Waals surface area contributed by atoms with Crippen molar-refractivity contribution in [3.8, 4) is 11.5 Å². The molecule has 8 nitrogen and oxygen atoms in total. The first kappa shape index (κ1) is 17.1. The fourth-order valence-electron chi connectivity index (χ4n) is 3.26. The largest absolute Gasteiger partial charge is 0.338 e. The minimum atomic E-state index is -0.345. The molecule has 1 N–H and O–H groups in total. The highest BCUT2D eigenvalue weighted by atomic mass is 16.5. The Morgan fingerprint density at radius 2 is 1.93 bits per heavy atom. The number of amides is 1. The summed E-state index contributed by atoms with van der Waals surface area (Å²) in [7, 11) is 0. The van der Waals surface area contributed by atoms with Crippen molar-refractivity contribution in [3.05, 3.63) is 64.1 Å². The number of piperidine rings is 1. The van der Waals surface area contributed by atoms with Gasteiger partial charge in [-0.1, -0.05) is 5.16 Å². The average Bonchev–Trinajstić information content (AvgIpc) is 3.19. The number of hydrogen-bond donors (Lipinski definition) is 1. The van der Waals surface area contributed by atoms with E-state index in [1.54, 1.807) is 36.4 Å². The minimum Gasteiger partial charge on any atom is -0.338 e. The zero-order valence-electron chi connectivity index (χ0n) is 14.9. The molecule has 0 bridgehead atoms. The maximum Gasteiger partial charge on any atom is 0.260 e. The Hall–Kier alpha value is -3.29. The zero-order valence-corrected chi connectivity index (χ0v) is 14.9. The second-order valence-corrected chi connectivity index (χ2v) is 6.64. The van der Waals surface area contributed by atoms with E-state index in [-0.39, 0.29) is 22.9 Å². The average molecular weight is 365 g/mol. The van der Waals surface area contributed by atoms with Gasteiger partial charge in [0, 0.05) is 42.7 Å². The number of carbonyl (C=O) groups excluding carboxylic acids is 1. The van der Waals surface area contributed by atoms with Gasteiger partial charge < -0.3 is 14.4 Å². The summed E-state index contributed by atoms with van der Waals surface area (Å²) in [5.74, 6) is 1.02. The first-order valence-electron chi connectivity index (χ1n) is 8.85. The van der Waals surface area contributed by atoms with Gasteiger partial charge in [-0.25, -0.2) is 0 Å². The lowest BCUT2D eigenvalue weighted by Gasteiger charge is -2.30. The number of likely N-dealkylation sites (tertiary alicyclic amines) is 1. The van der Waals surface area contributed by atoms with E-state index in [1.165, 1.54) is 0 Å². The molecular weight excluding hydrogens is 346 g/mol. The van der Waals surface area contributed by atoms with Crippen LogP contribution in [0.5, 0.6) is 0 Å². The fraction of sp³-hybridized carbons (Fsp3) is 0.316. The van der Waals surface area contributed by atoms with Crippen LogP contribution in [0.3, 0.4) is 0 Å². The number of nitrogens with zero attached hydrogens (tertiary/aromatic N) is 4. The van der Waals surface area contributed by atoms with Crippen molar-refractivity contribution in [1.82, 2.24) is 25.0 Å². The summed E-state index contributed by atoms with van der Waals surface area (Å²) in [6, 6.07) is 6.96. The number of H-pyrrole nitrogens is 1. The summed E-state index contributed by atoms with van der Waals surface area (Å²) < 4.78 is 5.36. The molecule has 138 valence electrons. The Bertz CT molecular complexity index is 1000. The normalized spacial score (nSPS) is 15.1. The smallest absolute Gasteiger partial charge is 0.260 e. The predicted molar refractivity (Wildman–Crippen MR) is 97.2 cm³/mol. The molecule has 1 fully saturated rings. The number of aryl methyl sites for hydroxylation is 1. The number of hydrogen-bond acceptors (Lipinski definition) is 6. The van der Waals surface area contributed by atoms with Crippen LogP contribution in [0.1, 0.15) is 40.6 Å². The molecule has 8 heteroatoms. The lowest BCUT2D eigenvalue weighted by Crippen LogP contribution is -2.40. The van der Waals surface area contributed by atoms with Crippen LogP contribution in [-0.2, 0) is 0 Å². The van der Waals surface area contributed by atoms with Crippen molar-refractivity contribution in [2.75, 3.05) is 13.1 Å². The van der Waals surface area contributed by atoms with Gasteiger partial charge in [0.05, 0.1) is 0 Å². The summed E-state index contributed by atoms with van der Waals surface area (Å²) in [6.45, 7) is 2.89. The van der Waals surface area contributed by atoms with Crippen molar-refractivity contribution in [1.29, 1.82) is 0 Å². The maximum atomic E-state index is 12.6. The van der Waals surface area contributed by atoms with Crippen LogP contribution in [0.4, 0.5) is 0 Å². The molecule has 4 rings (SSSR count). The standard InChI is InChI=1S/C19H19N5O3/c1-12-2-3-15(17(25)21-12)19(26)24-10-6-13(7-11-24)16-22-18(27-23-16)14-4-8-20-9-5-14/h2-5,8-9,13H,6-7,10-11H2,1H3,(H,21,25). The number of rotatable bonds is 3. The van der Waals surface area contributed by atoms with Crippen molar-refractivity contribution < 1.29 is 9.32 Å². The predicted octanol–water partition coefficient (Wildman–Crippen LogP) is 2.15. The number of pyridine rings is 2. The molecule has 0 aliphatic carbocycles. The first-order chi connectivity index (χ1) is 13.1. The molecule has 0 saturated carbocycles. The summed E-state index contributed by atoms with van der Waals surface area (Å²) in [5.41, 5.74) is 1.40. The van der Waals surface area contributed by atoms with Gasteiger partial charge >= 0.3 is 0 Å². The molecule has 3 aromatic rings. The molecule has 1 aliphatic heterocycles. The molecule has 0 spiro atoms. The van der Waals surface area contributed by atoms with Crippen LogP contribution in [0.2, 0.25) is 0 Å². The van der Waals surface area contributed by atoms with Crippen LogP contribution in [0.15, 0.2) is 46.0 Å². The molecular formula is C19H19N5O3. The van der Waals surface area contributed by atoms with E-state index in [0.29, 0.717) is 24.8 Å². The van der Waals surface area contributed by atoms with Gasteiger partial charge in [-0.2, -0.15) is 4.98 Å². The van der Waals surface area contributed by atoms with Crippen molar-refractivity contribution in [2.45, 2.75) is 25.7 Å². The van der Waals surface area contributed by atoms with Gasteiger partial charge in [0.15, 0.2) is 5.82 Å². The third kappa shape index (κ3) is 3.51. The molecule has 27 heavy (non-hydrogen) atoms.